The summed E-state index contributed by atoms with van der Waals surface area (Å²) in [5, 5.41) is 3.43. The van der Waals surface area contributed by atoms with Crippen LogP contribution in [0.5, 0.6) is 0 Å². The Hall–Kier alpha value is -2.18. The van der Waals surface area contributed by atoms with Gasteiger partial charge in [-0.15, -0.1) is 0 Å². The Morgan fingerprint density at radius 3 is 2.54 bits per heavy atom. The lowest BCUT2D eigenvalue weighted by molar-refractivity contribution is -0.169. The smallest absolute Gasteiger partial charge is 0.171 e. The van der Waals surface area contributed by atoms with Crippen LogP contribution in [-0.2, 0) is 15.9 Å². The third-order valence-corrected chi connectivity index (χ3v) is 5.05. The molecular weight excluding hydrogens is 328 g/mol. The number of ether oxygens (including phenoxy) is 2. The molecule has 1 spiro atoms. The van der Waals surface area contributed by atoms with Crippen LogP contribution in [0, 0.1) is 6.92 Å². The minimum absolute atomic E-state index is 0.352. The molecular formula is C20H26N4O2. The summed E-state index contributed by atoms with van der Waals surface area (Å²) >= 11 is 0. The van der Waals surface area contributed by atoms with Crippen molar-refractivity contribution in [2.24, 2.45) is 0 Å². The summed E-state index contributed by atoms with van der Waals surface area (Å²) < 4.78 is 11.6. The van der Waals surface area contributed by atoms with E-state index in [9.17, 15) is 0 Å². The van der Waals surface area contributed by atoms with Crippen molar-refractivity contribution in [2.75, 3.05) is 43.1 Å². The molecule has 1 aromatic heterocycles. The van der Waals surface area contributed by atoms with Crippen molar-refractivity contribution in [3.63, 3.8) is 0 Å². The van der Waals surface area contributed by atoms with Crippen LogP contribution < -0.4 is 10.2 Å². The summed E-state index contributed by atoms with van der Waals surface area (Å²) in [6, 6.07) is 12.5. The number of rotatable bonds is 5. The van der Waals surface area contributed by atoms with Crippen LogP contribution in [0.15, 0.2) is 36.4 Å². The van der Waals surface area contributed by atoms with Crippen molar-refractivity contribution < 1.29 is 9.47 Å². The lowest BCUT2D eigenvalue weighted by Crippen LogP contribution is -2.45. The van der Waals surface area contributed by atoms with Gasteiger partial charge in [0.2, 0.25) is 0 Å². The molecule has 0 atom stereocenters. The molecule has 2 fully saturated rings. The summed E-state index contributed by atoms with van der Waals surface area (Å²) in [6.45, 7) is 6.00. The van der Waals surface area contributed by atoms with Gasteiger partial charge in [-0.25, -0.2) is 9.97 Å². The fraction of sp³-hybridized carbons (Fsp3) is 0.500. The normalized spacial score (nSPS) is 19.0. The Labute approximate surface area is 154 Å². The van der Waals surface area contributed by atoms with Crippen LogP contribution in [0.4, 0.5) is 11.6 Å². The topological polar surface area (TPSA) is 59.5 Å². The molecule has 2 aromatic rings. The Kier molecular flexibility index (Phi) is 5.04. The zero-order chi connectivity index (χ0) is 17.8. The van der Waals surface area contributed by atoms with Gasteiger partial charge in [0.1, 0.15) is 17.5 Å². The molecule has 0 saturated carbocycles. The van der Waals surface area contributed by atoms with Crippen LogP contribution in [0.1, 0.15) is 24.2 Å². The molecule has 0 unspecified atom stereocenters. The van der Waals surface area contributed by atoms with Crippen molar-refractivity contribution in [3.05, 3.63) is 47.8 Å². The Bertz CT molecular complexity index is 722. The first kappa shape index (κ1) is 17.2. The average molecular weight is 354 g/mol. The minimum Gasteiger partial charge on any atom is -0.370 e. The van der Waals surface area contributed by atoms with Gasteiger partial charge in [0.05, 0.1) is 13.2 Å². The summed E-state index contributed by atoms with van der Waals surface area (Å²) in [5.41, 5.74) is 1.32. The van der Waals surface area contributed by atoms with Gasteiger partial charge in [-0.2, -0.15) is 0 Å². The lowest BCUT2D eigenvalue weighted by Gasteiger charge is -2.38. The molecule has 2 saturated heterocycles. The van der Waals surface area contributed by atoms with Gasteiger partial charge in [-0.1, -0.05) is 30.3 Å². The first-order valence-corrected chi connectivity index (χ1v) is 9.39. The second-order valence-electron chi connectivity index (χ2n) is 6.92. The zero-order valence-corrected chi connectivity index (χ0v) is 15.3. The van der Waals surface area contributed by atoms with Gasteiger partial charge in [0.25, 0.3) is 0 Å². The van der Waals surface area contributed by atoms with Gasteiger partial charge in [0.15, 0.2) is 5.79 Å². The van der Waals surface area contributed by atoms with Gasteiger partial charge in [0, 0.05) is 38.5 Å². The molecule has 26 heavy (non-hydrogen) atoms. The molecule has 4 rings (SSSR count). The fourth-order valence-electron chi connectivity index (χ4n) is 3.65. The van der Waals surface area contributed by atoms with E-state index in [1.165, 1.54) is 5.56 Å². The molecule has 0 amide bonds. The van der Waals surface area contributed by atoms with E-state index in [4.69, 9.17) is 9.47 Å². The van der Waals surface area contributed by atoms with Gasteiger partial charge in [-0.05, 0) is 18.9 Å². The predicted octanol–water partition coefficient (Wildman–Crippen LogP) is 2.78. The quantitative estimate of drug-likeness (QED) is 0.891. The highest BCUT2D eigenvalue weighted by atomic mass is 16.7. The van der Waals surface area contributed by atoms with Crippen LogP contribution in [0.25, 0.3) is 0 Å². The number of benzene rings is 1. The Morgan fingerprint density at radius 1 is 1.08 bits per heavy atom. The number of hydrogen-bond acceptors (Lipinski definition) is 6. The molecule has 3 heterocycles. The largest absolute Gasteiger partial charge is 0.370 e. The van der Waals surface area contributed by atoms with Crippen molar-refractivity contribution in [1.29, 1.82) is 0 Å². The summed E-state index contributed by atoms with van der Waals surface area (Å²) in [6.07, 6.45) is 2.74. The third kappa shape index (κ3) is 3.97. The van der Waals surface area contributed by atoms with Crippen molar-refractivity contribution >= 4 is 11.6 Å². The highest BCUT2D eigenvalue weighted by Crippen LogP contribution is 2.33. The second-order valence-corrected chi connectivity index (χ2v) is 6.92. The van der Waals surface area contributed by atoms with E-state index in [-0.39, 0.29) is 5.79 Å². The van der Waals surface area contributed by atoms with Gasteiger partial charge >= 0.3 is 0 Å². The standard InChI is InChI=1S/C20H26N4O2/c1-16-22-18(21-10-7-17-5-3-2-4-6-17)15-19(23-16)24-11-8-20(9-12-24)25-13-14-26-20/h2-6,15H,7-14H2,1H3,(H,21,22,23). The molecule has 0 bridgehead atoms. The first-order chi connectivity index (χ1) is 12.7. The molecule has 2 aliphatic rings. The molecule has 1 N–H and O–H groups in total. The number of nitrogens with zero attached hydrogens (tertiary/aromatic N) is 3. The number of aromatic nitrogens is 2. The molecule has 138 valence electrons. The van der Waals surface area contributed by atoms with E-state index in [0.717, 1.165) is 56.4 Å². The maximum absolute atomic E-state index is 5.81. The third-order valence-electron chi connectivity index (χ3n) is 5.05. The van der Waals surface area contributed by atoms with Crippen molar-refractivity contribution in [1.82, 2.24) is 9.97 Å². The molecule has 2 aliphatic heterocycles. The Balaban J connectivity index is 1.37. The van der Waals surface area contributed by atoms with Gasteiger partial charge in [-0.3, -0.25) is 0 Å². The summed E-state index contributed by atoms with van der Waals surface area (Å²) in [5.74, 6) is 2.30. The van der Waals surface area contributed by atoms with E-state index >= 15 is 0 Å². The van der Waals surface area contributed by atoms with Crippen LogP contribution >= 0.6 is 0 Å². The maximum atomic E-state index is 5.81. The number of nitrogens with one attached hydrogen (secondary N) is 1. The monoisotopic (exact) mass is 354 g/mol. The summed E-state index contributed by atoms with van der Waals surface area (Å²) in [7, 11) is 0. The highest BCUT2D eigenvalue weighted by molar-refractivity contribution is 5.50. The second kappa shape index (κ2) is 7.60. The Morgan fingerprint density at radius 2 is 1.81 bits per heavy atom. The van der Waals surface area contributed by atoms with E-state index in [1.807, 2.05) is 19.1 Å². The molecule has 6 nitrogen and oxygen atoms in total. The number of anilines is 2. The van der Waals surface area contributed by atoms with E-state index in [0.29, 0.717) is 13.2 Å². The molecule has 0 aliphatic carbocycles. The average Bonchev–Trinajstić information content (AvgIpc) is 3.11. The van der Waals surface area contributed by atoms with Crippen molar-refractivity contribution in [3.8, 4) is 0 Å². The zero-order valence-electron chi connectivity index (χ0n) is 15.3. The first-order valence-electron chi connectivity index (χ1n) is 9.39. The van der Waals surface area contributed by atoms with E-state index in [2.05, 4.69) is 44.5 Å². The predicted molar refractivity (Wildman–Crippen MR) is 101 cm³/mol. The molecule has 1 aromatic carbocycles. The molecule has 6 heteroatoms. The van der Waals surface area contributed by atoms with Crippen LogP contribution in [0.2, 0.25) is 0 Å². The summed E-state index contributed by atoms with van der Waals surface area (Å²) in [4.78, 5) is 11.5. The number of aryl methyl sites for hydroxylation is 1. The van der Waals surface area contributed by atoms with Crippen LogP contribution in [-0.4, -0.2) is 48.6 Å². The van der Waals surface area contributed by atoms with Gasteiger partial charge < -0.3 is 19.7 Å². The van der Waals surface area contributed by atoms with Crippen LogP contribution in [0.3, 0.4) is 0 Å². The number of piperidine rings is 1. The maximum Gasteiger partial charge on any atom is 0.171 e. The van der Waals surface area contributed by atoms with E-state index in [1.54, 1.807) is 0 Å². The highest BCUT2D eigenvalue weighted by Gasteiger charge is 2.40. The van der Waals surface area contributed by atoms with E-state index < -0.39 is 0 Å². The van der Waals surface area contributed by atoms with Crippen molar-refractivity contribution in [2.45, 2.75) is 32.0 Å². The number of hydrogen-bond donors (Lipinski definition) is 1. The lowest BCUT2D eigenvalue weighted by atomic mass is 10.0. The SMILES string of the molecule is Cc1nc(NCCc2ccccc2)cc(N2CCC3(CC2)OCCO3)n1. The fourth-order valence-corrected chi connectivity index (χ4v) is 3.65. The molecule has 0 radical (unpaired) electrons. The minimum atomic E-state index is -0.352.